The molecule has 0 amide bonds. The number of esters is 4. The quantitative estimate of drug-likeness (QED) is 0.105. The third-order valence-electron chi connectivity index (χ3n) is 6.50. The zero-order valence-electron chi connectivity index (χ0n) is 25.5. The van der Waals surface area contributed by atoms with Gasteiger partial charge in [0.2, 0.25) is 0 Å². The van der Waals surface area contributed by atoms with Crippen LogP contribution in [-0.2, 0) is 42.2 Å². The molecule has 0 aliphatic rings. The molecule has 0 saturated heterocycles. The molecule has 0 bridgehead atoms. The molecule has 0 spiro atoms. The van der Waals surface area contributed by atoms with Crippen LogP contribution >= 0.6 is 0 Å². The van der Waals surface area contributed by atoms with Gasteiger partial charge in [0.05, 0.1) is 54.1 Å². The summed E-state index contributed by atoms with van der Waals surface area (Å²) in [7, 11) is 1.62. The number of hydrogen-bond acceptors (Lipinski definition) is 11. The minimum absolute atomic E-state index is 0.266. The lowest BCUT2D eigenvalue weighted by Crippen LogP contribution is -2.45. The predicted molar refractivity (Wildman–Crippen MR) is 154 cm³/mol. The fraction of sp³-hybridized carbons (Fsp3) is 0.846. The van der Waals surface area contributed by atoms with Crippen molar-refractivity contribution in [3.63, 3.8) is 0 Å². The predicted octanol–water partition coefficient (Wildman–Crippen LogP) is 3.05. The second-order valence-electron chi connectivity index (χ2n) is 10.8. The third kappa shape index (κ3) is 19.8. The largest absolute Gasteiger partial charge is 0.469 e. The SMILES string of the molecule is COC(=O)CCN(CCC[Si](C)(C)O[Si](C)(C)CCCN(CCC(=O)OC)CCC(=O)OC)CCC(=O)OC. The topological polar surface area (TPSA) is 121 Å². The molecule has 11 nitrogen and oxygen atoms in total. The number of ether oxygens (including phenoxy) is 4. The van der Waals surface area contributed by atoms with Crippen molar-refractivity contribution >= 4 is 40.5 Å². The maximum Gasteiger partial charge on any atom is 0.306 e. The van der Waals surface area contributed by atoms with E-state index < -0.39 is 16.6 Å². The van der Waals surface area contributed by atoms with Crippen molar-refractivity contribution in [3.8, 4) is 0 Å². The number of carbonyl (C=O) groups is 4. The first-order valence-electron chi connectivity index (χ1n) is 13.7. The Labute approximate surface area is 237 Å². The van der Waals surface area contributed by atoms with E-state index in [1.54, 1.807) is 0 Å². The zero-order valence-corrected chi connectivity index (χ0v) is 27.5. The summed E-state index contributed by atoms with van der Waals surface area (Å²) in [5.41, 5.74) is 0. The van der Waals surface area contributed by atoms with E-state index in [0.717, 1.165) is 38.0 Å². The van der Waals surface area contributed by atoms with Crippen molar-refractivity contribution in [2.45, 2.75) is 76.8 Å². The van der Waals surface area contributed by atoms with Gasteiger partial charge >= 0.3 is 23.9 Å². The highest BCUT2D eigenvalue weighted by atomic mass is 28.4. The Morgan fingerprint density at radius 2 is 0.744 bits per heavy atom. The van der Waals surface area contributed by atoms with Gasteiger partial charge in [-0.15, -0.1) is 0 Å². The van der Waals surface area contributed by atoms with Crippen LogP contribution in [0, 0.1) is 0 Å². The first-order chi connectivity index (χ1) is 18.3. The molecule has 0 radical (unpaired) electrons. The van der Waals surface area contributed by atoms with Gasteiger partial charge in [0.25, 0.3) is 0 Å². The van der Waals surface area contributed by atoms with Gasteiger partial charge in [0, 0.05) is 26.2 Å². The van der Waals surface area contributed by atoms with Crippen LogP contribution in [0.2, 0.25) is 38.3 Å². The lowest BCUT2D eigenvalue weighted by Gasteiger charge is -2.35. The number of methoxy groups -OCH3 is 4. The molecule has 13 heteroatoms. The molecule has 0 aliphatic carbocycles. The lowest BCUT2D eigenvalue weighted by molar-refractivity contribution is -0.142. The molecule has 228 valence electrons. The van der Waals surface area contributed by atoms with Crippen molar-refractivity contribution in [1.82, 2.24) is 9.80 Å². The van der Waals surface area contributed by atoms with E-state index in [-0.39, 0.29) is 49.6 Å². The molecule has 0 aromatic carbocycles. The van der Waals surface area contributed by atoms with Gasteiger partial charge in [0.15, 0.2) is 16.6 Å². The highest BCUT2D eigenvalue weighted by Crippen LogP contribution is 2.24. The van der Waals surface area contributed by atoms with Gasteiger partial charge in [-0.3, -0.25) is 19.2 Å². The normalized spacial score (nSPS) is 11.9. The summed E-state index contributed by atoms with van der Waals surface area (Å²) in [6.45, 7) is 12.7. The summed E-state index contributed by atoms with van der Waals surface area (Å²) in [5, 5.41) is 0. The number of rotatable bonds is 22. The Morgan fingerprint density at radius 1 is 0.487 bits per heavy atom. The van der Waals surface area contributed by atoms with E-state index >= 15 is 0 Å². The van der Waals surface area contributed by atoms with E-state index in [0.29, 0.717) is 26.2 Å². The maximum atomic E-state index is 11.6. The number of nitrogens with zero attached hydrogens (tertiary/aromatic N) is 2. The van der Waals surface area contributed by atoms with Crippen LogP contribution in [0.3, 0.4) is 0 Å². The first kappa shape index (κ1) is 37.2. The van der Waals surface area contributed by atoms with Gasteiger partial charge < -0.3 is 32.9 Å². The zero-order chi connectivity index (χ0) is 29.9. The fourth-order valence-corrected chi connectivity index (χ4v) is 13.2. The molecule has 0 fully saturated rings. The molecule has 0 saturated carbocycles. The molecule has 0 aromatic rings. The van der Waals surface area contributed by atoms with Crippen LogP contribution in [0.4, 0.5) is 0 Å². The van der Waals surface area contributed by atoms with Gasteiger partial charge in [-0.1, -0.05) is 0 Å². The molecular weight excluding hydrogens is 540 g/mol. The molecule has 0 rings (SSSR count). The highest BCUT2D eigenvalue weighted by molar-refractivity contribution is 6.84. The second-order valence-corrected chi connectivity index (χ2v) is 19.7. The average molecular weight is 593 g/mol. The summed E-state index contributed by atoms with van der Waals surface area (Å²) < 4.78 is 25.8. The minimum Gasteiger partial charge on any atom is -0.469 e. The third-order valence-corrected chi connectivity index (χ3v) is 14.0. The van der Waals surface area contributed by atoms with Crippen LogP contribution in [0.1, 0.15) is 38.5 Å². The molecule has 0 atom stereocenters. The van der Waals surface area contributed by atoms with Crippen LogP contribution in [0.5, 0.6) is 0 Å². The monoisotopic (exact) mass is 592 g/mol. The average Bonchev–Trinajstić information content (AvgIpc) is 2.88. The van der Waals surface area contributed by atoms with E-state index in [1.807, 2.05) is 0 Å². The van der Waals surface area contributed by atoms with Gasteiger partial charge in [-0.25, -0.2) is 0 Å². The fourth-order valence-electron chi connectivity index (χ4n) is 4.38. The smallest absolute Gasteiger partial charge is 0.306 e. The lowest BCUT2D eigenvalue weighted by atomic mass is 10.3. The molecule has 39 heavy (non-hydrogen) atoms. The molecule has 0 heterocycles. The summed E-state index contributed by atoms with van der Waals surface area (Å²) in [6.07, 6.45) is 2.97. The van der Waals surface area contributed by atoms with Crippen LogP contribution < -0.4 is 0 Å². The molecular formula is C26H52N2O9Si2. The summed E-state index contributed by atoms with van der Waals surface area (Å²) >= 11 is 0. The van der Waals surface area contributed by atoms with Crippen LogP contribution in [-0.4, -0.2) is 118 Å². The Morgan fingerprint density at radius 3 is 0.974 bits per heavy atom. The van der Waals surface area contributed by atoms with Crippen molar-refractivity contribution in [1.29, 1.82) is 0 Å². The summed E-state index contributed by atoms with van der Waals surface area (Å²) in [4.78, 5) is 50.6. The van der Waals surface area contributed by atoms with Crippen molar-refractivity contribution < 1.29 is 42.2 Å². The highest BCUT2D eigenvalue weighted by Gasteiger charge is 2.32. The minimum atomic E-state index is -1.94. The van der Waals surface area contributed by atoms with Crippen LogP contribution in [0.15, 0.2) is 0 Å². The van der Waals surface area contributed by atoms with Gasteiger partial charge in [0.1, 0.15) is 0 Å². The number of hydrogen-bond donors (Lipinski definition) is 0. The van der Waals surface area contributed by atoms with Crippen LogP contribution in [0.25, 0.3) is 0 Å². The molecule has 0 aliphatic heterocycles. The van der Waals surface area contributed by atoms with E-state index in [9.17, 15) is 19.2 Å². The van der Waals surface area contributed by atoms with E-state index in [1.165, 1.54) is 28.4 Å². The van der Waals surface area contributed by atoms with Crippen molar-refractivity contribution in [3.05, 3.63) is 0 Å². The summed E-state index contributed by atoms with van der Waals surface area (Å²) in [6, 6.07) is 1.95. The van der Waals surface area contributed by atoms with Crippen molar-refractivity contribution in [2.75, 3.05) is 67.7 Å². The Balaban J connectivity index is 4.79. The maximum absolute atomic E-state index is 11.6. The second kappa shape index (κ2) is 20.1. The first-order valence-corrected chi connectivity index (χ1v) is 19.9. The Kier molecular flexibility index (Phi) is 19.2. The van der Waals surface area contributed by atoms with E-state index in [4.69, 9.17) is 23.1 Å². The standard InChI is InChI=1S/C26H52N2O9Si2/c1-33-23(29)11-17-27(18-12-24(30)34-2)15-9-21-38(5,6)37-39(7,8)22-10-16-28(19-13-25(31)35-3)20-14-26(32)36-4/h9-22H2,1-8H3. The molecule has 0 aromatic heterocycles. The molecule has 0 unspecified atom stereocenters. The number of carbonyl (C=O) groups excluding carboxylic acids is 4. The van der Waals surface area contributed by atoms with Gasteiger partial charge in [-0.2, -0.15) is 0 Å². The molecule has 0 N–H and O–H groups in total. The van der Waals surface area contributed by atoms with E-state index in [2.05, 4.69) is 36.0 Å². The van der Waals surface area contributed by atoms with Gasteiger partial charge in [-0.05, 0) is 64.2 Å². The Hall–Kier alpha value is -1.81. The van der Waals surface area contributed by atoms with Crippen molar-refractivity contribution in [2.24, 2.45) is 0 Å². The Bertz CT molecular complexity index is 651. The summed E-state index contributed by atoms with van der Waals surface area (Å²) in [5.74, 6) is -1.06.